The lowest BCUT2D eigenvalue weighted by atomic mass is 10.1. The van der Waals surface area contributed by atoms with Crippen LogP contribution >= 0.6 is 0 Å². The first-order chi connectivity index (χ1) is 9.11. The fourth-order valence-corrected chi connectivity index (χ4v) is 2.61. The highest BCUT2D eigenvalue weighted by Gasteiger charge is 2.30. The van der Waals surface area contributed by atoms with E-state index < -0.39 is 0 Å². The predicted molar refractivity (Wildman–Crippen MR) is 79.4 cm³/mol. The van der Waals surface area contributed by atoms with Crippen LogP contribution in [0.5, 0.6) is 5.75 Å². The Morgan fingerprint density at radius 1 is 1.26 bits per heavy atom. The molecule has 2 rings (SSSR count). The van der Waals surface area contributed by atoms with Crippen molar-refractivity contribution in [3.05, 3.63) is 29.8 Å². The van der Waals surface area contributed by atoms with Crippen LogP contribution in [-0.4, -0.2) is 31.1 Å². The molecule has 1 saturated carbocycles. The number of nitrogens with zero attached hydrogens (tertiary/aromatic N) is 1. The second kappa shape index (κ2) is 6.40. The number of rotatable bonds is 7. The third-order valence-corrected chi connectivity index (χ3v) is 3.63. The monoisotopic (exact) mass is 262 g/mol. The number of methoxy groups -OCH3 is 1. The van der Waals surface area contributed by atoms with E-state index in [0.29, 0.717) is 5.92 Å². The second-order valence-corrected chi connectivity index (χ2v) is 5.93. The summed E-state index contributed by atoms with van der Waals surface area (Å²) in [6, 6.07) is 8.85. The Morgan fingerprint density at radius 3 is 2.53 bits per heavy atom. The first-order valence-corrected chi connectivity index (χ1v) is 7.24. The van der Waals surface area contributed by atoms with Crippen LogP contribution in [0.3, 0.4) is 0 Å². The molecule has 1 fully saturated rings. The minimum absolute atomic E-state index is 0.0236. The van der Waals surface area contributed by atoms with Crippen LogP contribution in [-0.2, 0) is 0 Å². The molecule has 0 bridgehead atoms. The summed E-state index contributed by atoms with van der Waals surface area (Å²) in [5.41, 5.74) is 7.50. The number of benzene rings is 1. The average Bonchev–Trinajstić information content (AvgIpc) is 3.21. The zero-order valence-corrected chi connectivity index (χ0v) is 12.3. The van der Waals surface area contributed by atoms with Gasteiger partial charge in [-0.15, -0.1) is 0 Å². The van der Waals surface area contributed by atoms with Crippen molar-refractivity contribution >= 4 is 0 Å². The molecule has 1 aliphatic carbocycles. The molecule has 0 aromatic heterocycles. The molecule has 19 heavy (non-hydrogen) atoms. The molecule has 106 valence electrons. The fourth-order valence-electron chi connectivity index (χ4n) is 2.61. The van der Waals surface area contributed by atoms with Crippen molar-refractivity contribution in [1.82, 2.24) is 4.90 Å². The Balaban J connectivity index is 2.03. The molecule has 0 amide bonds. The highest BCUT2D eigenvalue weighted by atomic mass is 16.5. The summed E-state index contributed by atoms with van der Waals surface area (Å²) in [6.07, 6.45) is 2.65. The molecule has 1 unspecified atom stereocenters. The van der Waals surface area contributed by atoms with Crippen LogP contribution in [0, 0.1) is 5.92 Å². The molecule has 1 aromatic rings. The second-order valence-electron chi connectivity index (χ2n) is 5.93. The first-order valence-electron chi connectivity index (χ1n) is 7.24. The van der Waals surface area contributed by atoms with Crippen LogP contribution in [0.15, 0.2) is 24.3 Å². The van der Waals surface area contributed by atoms with Crippen molar-refractivity contribution in [2.45, 2.75) is 38.8 Å². The Morgan fingerprint density at radius 2 is 1.95 bits per heavy atom. The van der Waals surface area contributed by atoms with Crippen molar-refractivity contribution in [2.24, 2.45) is 11.7 Å². The van der Waals surface area contributed by atoms with E-state index in [9.17, 15) is 0 Å². The maximum atomic E-state index is 6.39. The molecule has 1 aromatic carbocycles. The normalized spacial score (nSPS) is 16.9. The summed E-state index contributed by atoms with van der Waals surface area (Å²) in [5.74, 6) is 1.58. The van der Waals surface area contributed by atoms with Gasteiger partial charge >= 0.3 is 0 Å². The van der Waals surface area contributed by atoms with Crippen LogP contribution in [0.1, 0.15) is 38.3 Å². The summed E-state index contributed by atoms with van der Waals surface area (Å²) in [5, 5.41) is 0. The summed E-state index contributed by atoms with van der Waals surface area (Å²) in [4.78, 5) is 2.54. The van der Waals surface area contributed by atoms with Gasteiger partial charge in [0.25, 0.3) is 0 Å². The quantitative estimate of drug-likeness (QED) is 0.821. The number of nitrogens with two attached hydrogens (primary N) is 1. The van der Waals surface area contributed by atoms with E-state index in [1.165, 1.54) is 12.8 Å². The fraction of sp³-hybridized carbons (Fsp3) is 0.625. The van der Waals surface area contributed by atoms with E-state index in [-0.39, 0.29) is 6.04 Å². The zero-order valence-electron chi connectivity index (χ0n) is 12.3. The number of para-hydroxylation sites is 1. The van der Waals surface area contributed by atoms with Gasteiger partial charge in [0.1, 0.15) is 5.75 Å². The van der Waals surface area contributed by atoms with Crippen LogP contribution < -0.4 is 10.5 Å². The van der Waals surface area contributed by atoms with Crippen LogP contribution in [0.2, 0.25) is 0 Å². The van der Waals surface area contributed by atoms with Gasteiger partial charge in [0, 0.05) is 30.7 Å². The molecule has 0 spiro atoms. The van der Waals surface area contributed by atoms with E-state index >= 15 is 0 Å². The molecule has 0 radical (unpaired) electrons. The summed E-state index contributed by atoms with van der Waals surface area (Å²) < 4.78 is 5.41. The third kappa shape index (κ3) is 3.95. The third-order valence-electron chi connectivity index (χ3n) is 3.63. The van der Waals surface area contributed by atoms with Gasteiger partial charge < -0.3 is 10.5 Å². The molecule has 3 nitrogen and oxygen atoms in total. The molecule has 0 saturated heterocycles. The standard InChI is InChI=1S/C16H26N2O/c1-12(2)10-18(13-8-9-13)11-15(17)14-6-4-5-7-16(14)19-3/h4-7,12-13,15H,8-11,17H2,1-3H3. The zero-order chi connectivity index (χ0) is 13.8. The lowest BCUT2D eigenvalue weighted by Gasteiger charge is -2.28. The van der Waals surface area contributed by atoms with E-state index in [0.717, 1.165) is 30.4 Å². The van der Waals surface area contributed by atoms with E-state index in [2.05, 4.69) is 24.8 Å². The van der Waals surface area contributed by atoms with E-state index in [1.54, 1.807) is 7.11 Å². The molecular formula is C16H26N2O. The number of hydrogen-bond donors (Lipinski definition) is 1. The highest BCUT2D eigenvalue weighted by Crippen LogP contribution is 2.30. The minimum Gasteiger partial charge on any atom is -0.496 e. The van der Waals surface area contributed by atoms with Gasteiger partial charge in [0.15, 0.2) is 0 Å². The lowest BCUT2D eigenvalue weighted by molar-refractivity contribution is 0.220. The van der Waals surface area contributed by atoms with Gasteiger partial charge in [-0.1, -0.05) is 32.0 Å². The van der Waals surface area contributed by atoms with E-state index in [1.807, 2.05) is 18.2 Å². The average molecular weight is 262 g/mol. The molecule has 2 N–H and O–H groups in total. The Kier molecular flexibility index (Phi) is 4.83. The van der Waals surface area contributed by atoms with Gasteiger partial charge in [-0.25, -0.2) is 0 Å². The SMILES string of the molecule is COc1ccccc1C(N)CN(CC(C)C)C1CC1. The minimum atomic E-state index is 0.0236. The molecule has 0 heterocycles. The molecular weight excluding hydrogens is 236 g/mol. The lowest BCUT2D eigenvalue weighted by Crippen LogP contribution is -2.36. The van der Waals surface area contributed by atoms with Crippen LogP contribution in [0.25, 0.3) is 0 Å². The van der Waals surface area contributed by atoms with Gasteiger partial charge in [-0.3, -0.25) is 4.90 Å². The molecule has 0 aliphatic heterocycles. The number of ether oxygens (including phenoxy) is 1. The first kappa shape index (κ1) is 14.4. The van der Waals surface area contributed by atoms with Gasteiger partial charge in [-0.05, 0) is 24.8 Å². The molecule has 3 heteroatoms. The molecule has 1 atom stereocenters. The summed E-state index contributed by atoms with van der Waals surface area (Å²) in [6.45, 7) is 6.59. The summed E-state index contributed by atoms with van der Waals surface area (Å²) in [7, 11) is 1.71. The Labute approximate surface area is 116 Å². The van der Waals surface area contributed by atoms with Crippen molar-refractivity contribution in [3.8, 4) is 5.75 Å². The largest absolute Gasteiger partial charge is 0.496 e. The van der Waals surface area contributed by atoms with Gasteiger partial charge in [0.2, 0.25) is 0 Å². The van der Waals surface area contributed by atoms with Gasteiger partial charge in [-0.2, -0.15) is 0 Å². The summed E-state index contributed by atoms with van der Waals surface area (Å²) >= 11 is 0. The Hall–Kier alpha value is -1.06. The van der Waals surface area contributed by atoms with Crippen molar-refractivity contribution in [1.29, 1.82) is 0 Å². The van der Waals surface area contributed by atoms with E-state index in [4.69, 9.17) is 10.5 Å². The maximum Gasteiger partial charge on any atom is 0.123 e. The van der Waals surface area contributed by atoms with Crippen molar-refractivity contribution in [3.63, 3.8) is 0 Å². The van der Waals surface area contributed by atoms with Crippen molar-refractivity contribution < 1.29 is 4.74 Å². The number of hydrogen-bond acceptors (Lipinski definition) is 3. The molecule has 1 aliphatic rings. The highest BCUT2D eigenvalue weighted by molar-refractivity contribution is 5.35. The topological polar surface area (TPSA) is 38.5 Å². The van der Waals surface area contributed by atoms with Gasteiger partial charge in [0.05, 0.1) is 7.11 Å². The Bertz CT molecular complexity index is 401. The smallest absolute Gasteiger partial charge is 0.123 e. The van der Waals surface area contributed by atoms with Crippen LogP contribution in [0.4, 0.5) is 0 Å². The predicted octanol–water partition coefficient (Wildman–Crippen LogP) is 2.82. The maximum absolute atomic E-state index is 6.39. The van der Waals surface area contributed by atoms with Crippen molar-refractivity contribution in [2.75, 3.05) is 20.2 Å².